The molecule has 1 unspecified atom stereocenters. The van der Waals surface area contributed by atoms with E-state index in [1.807, 2.05) is 25.3 Å². The average Bonchev–Trinajstić information content (AvgIpc) is 3.43. The van der Waals surface area contributed by atoms with Crippen molar-refractivity contribution in [3.63, 3.8) is 0 Å². The minimum Gasteiger partial charge on any atom is -0.507 e. The minimum absolute atomic E-state index is 0.0450. The number of carbonyl (C=O) groups is 2. The Labute approximate surface area is 174 Å². The van der Waals surface area contributed by atoms with Gasteiger partial charge in [0, 0.05) is 16.5 Å². The molecule has 0 spiro atoms. The van der Waals surface area contributed by atoms with E-state index in [4.69, 9.17) is 4.74 Å². The second-order valence-electron chi connectivity index (χ2n) is 7.57. The molecule has 2 heterocycles. The third-order valence-electron chi connectivity index (χ3n) is 5.79. The minimum atomic E-state index is -0.596. The van der Waals surface area contributed by atoms with E-state index in [1.165, 1.54) is 11.3 Å². The molecule has 2 aromatic rings. The van der Waals surface area contributed by atoms with Gasteiger partial charge in [0.15, 0.2) is 0 Å². The van der Waals surface area contributed by atoms with Crippen molar-refractivity contribution in [3.8, 4) is 5.75 Å². The molecule has 29 heavy (non-hydrogen) atoms. The highest BCUT2D eigenvalue weighted by atomic mass is 32.1. The van der Waals surface area contributed by atoms with E-state index in [0.717, 1.165) is 36.1 Å². The Kier molecular flexibility index (Phi) is 5.46. The summed E-state index contributed by atoms with van der Waals surface area (Å²) in [5.74, 6) is -0.519. The Morgan fingerprint density at radius 3 is 2.45 bits per heavy atom. The molecule has 2 fully saturated rings. The number of nitrogens with zero attached hydrogens (tertiary/aromatic N) is 1. The first-order chi connectivity index (χ1) is 14.0. The lowest BCUT2D eigenvalue weighted by Gasteiger charge is -2.30. The Bertz CT molecular complexity index is 954. The fourth-order valence-corrected chi connectivity index (χ4v) is 5.40. The zero-order valence-electron chi connectivity index (χ0n) is 16.7. The topological polar surface area (TPSA) is 66.8 Å². The van der Waals surface area contributed by atoms with Crippen LogP contribution in [0.5, 0.6) is 5.75 Å². The monoisotopic (exact) mass is 411 g/mol. The molecule has 6 heteroatoms. The number of ketones is 1. The molecule has 1 N–H and O–H groups in total. The maximum Gasteiger partial charge on any atom is 0.295 e. The van der Waals surface area contributed by atoms with E-state index in [0.29, 0.717) is 17.9 Å². The van der Waals surface area contributed by atoms with Crippen LogP contribution < -0.4 is 4.74 Å². The van der Waals surface area contributed by atoms with Gasteiger partial charge in [-0.1, -0.05) is 12.8 Å². The number of likely N-dealkylation sites (tertiary alicyclic amines) is 1. The van der Waals surface area contributed by atoms with Crippen molar-refractivity contribution in [1.29, 1.82) is 0 Å². The number of carbonyl (C=O) groups excluding carboxylic acids is 2. The first-order valence-electron chi connectivity index (χ1n) is 10.1. The fraction of sp³-hybridized carbons (Fsp3) is 0.391. The van der Waals surface area contributed by atoms with Crippen LogP contribution in [0.4, 0.5) is 0 Å². The Hall–Kier alpha value is -2.60. The van der Waals surface area contributed by atoms with E-state index < -0.39 is 17.7 Å². The summed E-state index contributed by atoms with van der Waals surface area (Å²) in [5.41, 5.74) is 1.73. The molecular formula is C23H25NO4S. The highest BCUT2D eigenvalue weighted by Crippen LogP contribution is 2.45. The highest BCUT2D eigenvalue weighted by Gasteiger charge is 2.50. The van der Waals surface area contributed by atoms with Crippen LogP contribution in [-0.2, 0) is 9.59 Å². The van der Waals surface area contributed by atoms with Gasteiger partial charge in [0.1, 0.15) is 17.6 Å². The van der Waals surface area contributed by atoms with Crippen LogP contribution in [-0.4, -0.2) is 34.3 Å². The van der Waals surface area contributed by atoms with Crippen LogP contribution in [0.25, 0.3) is 5.76 Å². The lowest BCUT2D eigenvalue weighted by Crippen LogP contribution is -2.37. The largest absolute Gasteiger partial charge is 0.507 e. The fourth-order valence-electron chi connectivity index (χ4n) is 4.36. The van der Waals surface area contributed by atoms with Crippen molar-refractivity contribution in [2.75, 3.05) is 6.61 Å². The molecule has 1 aliphatic carbocycles. The molecule has 1 saturated carbocycles. The van der Waals surface area contributed by atoms with Crippen LogP contribution in [0.2, 0.25) is 0 Å². The van der Waals surface area contributed by atoms with Crippen molar-refractivity contribution in [1.82, 2.24) is 4.90 Å². The predicted octanol–water partition coefficient (Wildman–Crippen LogP) is 4.82. The third-order valence-corrected chi connectivity index (χ3v) is 6.86. The summed E-state index contributed by atoms with van der Waals surface area (Å²) in [6.07, 6.45) is 3.92. The number of amides is 1. The SMILES string of the molecule is CCOc1ccc(/C(O)=C2/C(=O)C(=O)N(C3CCCC3)C2c2sccc2C)cc1. The number of aryl methyl sites for hydroxylation is 1. The third kappa shape index (κ3) is 3.46. The van der Waals surface area contributed by atoms with E-state index in [1.54, 1.807) is 29.2 Å². The summed E-state index contributed by atoms with van der Waals surface area (Å²) in [4.78, 5) is 28.7. The Morgan fingerprint density at radius 2 is 1.86 bits per heavy atom. The van der Waals surface area contributed by atoms with E-state index in [-0.39, 0.29) is 17.4 Å². The van der Waals surface area contributed by atoms with Gasteiger partial charge in [0.05, 0.1) is 12.2 Å². The first kappa shape index (κ1) is 19.7. The van der Waals surface area contributed by atoms with Crippen LogP contribution in [0, 0.1) is 6.92 Å². The van der Waals surface area contributed by atoms with Gasteiger partial charge in [0.2, 0.25) is 0 Å². The number of aliphatic hydroxyl groups is 1. The number of aliphatic hydroxyl groups excluding tert-OH is 1. The number of rotatable bonds is 5. The van der Waals surface area contributed by atoms with Gasteiger partial charge < -0.3 is 14.7 Å². The summed E-state index contributed by atoms with van der Waals surface area (Å²) in [5, 5.41) is 13.1. The number of ether oxygens (including phenoxy) is 1. The molecule has 1 aromatic heterocycles. The average molecular weight is 412 g/mol. The molecule has 1 atom stereocenters. The smallest absolute Gasteiger partial charge is 0.295 e. The van der Waals surface area contributed by atoms with Crippen molar-refractivity contribution in [2.24, 2.45) is 0 Å². The molecule has 5 nitrogen and oxygen atoms in total. The molecule has 1 aliphatic heterocycles. The van der Waals surface area contributed by atoms with Gasteiger partial charge in [-0.2, -0.15) is 0 Å². The predicted molar refractivity (Wildman–Crippen MR) is 113 cm³/mol. The van der Waals surface area contributed by atoms with Crippen molar-refractivity contribution in [3.05, 3.63) is 57.3 Å². The lowest BCUT2D eigenvalue weighted by molar-refractivity contribution is -0.141. The van der Waals surface area contributed by atoms with Gasteiger partial charge in [-0.3, -0.25) is 9.59 Å². The maximum atomic E-state index is 13.0. The summed E-state index contributed by atoms with van der Waals surface area (Å²) in [6.45, 7) is 4.44. The van der Waals surface area contributed by atoms with Gasteiger partial charge in [-0.05, 0) is 68.0 Å². The molecule has 1 saturated heterocycles. The van der Waals surface area contributed by atoms with E-state index in [2.05, 4.69) is 0 Å². The molecule has 4 rings (SSSR count). The van der Waals surface area contributed by atoms with Gasteiger partial charge in [0.25, 0.3) is 11.7 Å². The van der Waals surface area contributed by atoms with Gasteiger partial charge in [-0.15, -0.1) is 11.3 Å². The van der Waals surface area contributed by atoms with Gasteiger partial charge >= 0.3 is 0 Å². The van der Waals surface area contributed by atoms with Crippen molar-refractivity contribution in [2.45, 2.75) is 51.6 Å². The molecular weight excluding hydrogens is 386 g/mol. The molecule has 1 aromatic carbocycles. The number of hydrogen-bond donors (Lipinski definition) is 1. The molecule has 1 amide bonds. The lowest BCUT2D eigenvalue weighted by atomic mass is 9.97. The van der Waals surface area contributed by atoms with Crippen LogP contribution in [0.15, 0.2) is 41.3 Å². The standard InChI is InChI=1S/C23H25NO4S/c1-3-28-17-10-8-15(9-11-17)20(25)18-19(22-14(2)12-13-29-22)24(23(27)21(18)26)16-6-4-5-7-16/h8-13,16,19,25H,3-7H2,1-2H3/b20-18-. The zero-order chi connectivity index (χ0) is 20.5. The molecule has 0 radical (unpaired) electrons. The number of Topliss-reactive ketones (excluding diaryl/α,β-unsaturated/α-hetero) is 1. The quantitative estimate of drug-likeness (QED) is 0.435. The first-order valence-corrected chi connectivity index (χ1v) is 11.0. The van der Waals surface area contributed by atoms with Crippen LogP contribution >= 0.6 is 11.3 Å². The second kappa shape index (κ2) is 8.03. The highest BCUT2D eigenvalue weighted by molar-refractivity contribution is 7.10. The Balaban J connectivity index is 1.82. The number of thiophene rings is 1. The Morgan fingerprint density at radius 1 is 1.17 bits per heavy atom. The summed E-state index contributed by atoms with van der Waals surface area (Å²) in [6, 6.07) is 8.48. The van der Waals surface area contributed by atoms with Crippen LogP contribution in [0.1, 0.15) is 54.7 Å². The van der Waals surface area contributed by atoms with Gasteiger partial charge in [-0.25, -0.2) is 0 Å². The normalized spacial score (nSPS) is 21.9. The zero-order valence-corrected chi connectivity index (χ0v) is 17.5. The van der Waals surface area contributed by atoms with Crippen molar-refractivity contribution >= 4 is 28.8 Å². The molecule has 0 bridgehead atoms. The number of hydrogen-bond acceptors (Lipinski definition) is 5. The number of benzene rings is 1. The second-order valence-corrected chi connectivity index (χ2v) is 8.52. The summed E-state index contributed by atoms with van der Waals surface area (Å²) >= 11 is 1.53. The molecule has 152 valence electrons. The summed E-state index contributed by atoms with van der Waals surface area (Å²) in [7, 11) is 0. The van der Waals surface area contributed by atoms with Crippen molar-refractivity contribution < 1.29 is 19.4 Å². The van der Waals surface area contributed by atoms with Crippen LogP contribution in [0.3, 0.4) is 0 Å². The van der Waals surface area contributed by atoms with E-state index in [9.17, 15) is 14.7 Å². The summed E-state index contributed by atoms with van der Waals surface area (Å²) < 4.78 is 5.46. The maximum absolute atomic E-state index is 13.0. The van der Waals surface area contributed by atoms with E-state index >= 15 is 0 Å². The molecule has 2 aliphatic rings.